The third kappa shape index (κ3) is 9.54. The van der Waals surface area contributed by atoms with Crippen molar-refractivity contribution in [2.75, 3.05) is 25.6 Å². The van der Waals surface area contributed by atoms with E-state index in [1.165, 1.54) is 0 Å². The average Bonchev–Trinajstić information content (AvgIpc) is 2.97. The van der Waals surface area contributed by atoms with Gasteiger partial charge in [-0.15, -0.1) is 0 Å². The van der Waals surface area contributed by atoms with Crippen LogP contribution in [-0.2, 0) is 0 Å². The average molecular weight is 575 g/mol. The number of ether oxygens (including phenoxy) is 3. The molecule has 0 unspecified atom stereocenters. The number of aliphatic imine (C=N–C) groups is 1. The van der Waals surface area contributed by atoms with Gasteiger partial charge in [-0.2, -0.15) is 4.99 Å². The van der Waals surface area contributed by atoms with Gasteiger partial charge < -0.3 is 30.2 Å². The minimum atomic E-state index is -0.534. The predicted octanol–water partition coefficient (Wildman–Crippen LogP) is 6.52. The van der Waals surface area contributed by atoms with E-state index in [4.69, 9.17) is 19.9 Å². The number of para-hydroxylation sites is 1. The molecule has 0 aliphatic carbocycles. The molecule has 0 bridgehead atoms. The molecule has 0 aliphatic rings. The maximum absolute atomic E-state index is 13.0. The number of carbonyl (C=O) groups is 2. The Bertz CT molecular complexity index is 1320. The van der Waals surface area contributed by atoms with E-state index in [9.17, 15) is 9.59 Å². The summed E-state index contributed by atoms with van der Waals surface area (Å²) in [6.07, 6.45) is 2.63. The number of hydrogen-bond acceptors (Lipinski definition) is 5. The van der Waals surface area contributed by atoms with Gasteiger partial charge in [-0.05, 0) is 102 Å². The summed E-state index contributed by atoms with van der Waals surface area (Å²) in [5.74, 6) is 1.97. The number of amides is 3. The second-order valence-corrected chi connectivity index (χ2v) is 10.3. The second-order valence-electron chi connectivity index (χ2n) is 10.3. The van der Waals surface area contributed by atoms with E-state index < -0.39 is 6.03 Å². The number of anilines is 1. The van der Waals surface area contributed by atoms with Crippen molar-refractivity contribution in [1.82, 2.24) is 4.90 Å². The van der Waals surface area contributed by atoms with Crippen molar-refractivity contribution < 1.29 is 23.8 Å². The largest absolute Gasteiger partial charge is 0.494 e. The van der Waals surface area contributed by atoms with Crippen LogP contribution in [0.3, 0.4) is 0 Å². The Hall–Kier alpha value is -4.53. The molecule has 0 fully saturated rings. The molecule has 9 heteroatoms. The number of methoxy groups -OCH3 is 1. The zero-order valence-electron chi connectivity index (χ0n) is 25.1. The van der Waals surface area contributed by atoms with Crippen LogP contribution in [0.2, 0.25) is 0 Å². The third-order valence-electron chi connectivity index (χ3n) is 6.47. The first-order valence-electron chi connectivity index (χ1n) is 14.3. The molecule has 9 nitrogen and oxygen atoms in total. The molecule has 3 aromatic carbocycles. The molecule has 0 saturated carbocycles. The Morgan fingerprint density at radius 1 is 0.810 bits per heavy atom. The molecule has 42 heavy (non-hydrogen) atoms. The summed E-state index contributed by atoms with van der Waals surface area (Å²) in [5, 5.41) is 2.67. The lowest BCUT2D eigenvalue weighted by Crippen LogP contribution is -2.42. The number of rotatable bonds is 14. The number of unbranched alkanes of at least 4 members (excludes halogenated alkanes) is 2. The predicted molar refractivity (Wildman–Crippen MR) is 167 cm³/mol. The van der Waals surface area contributed by atoms with Gasteiger partial charge in [0.25, 0.3) is 5.91 Å². The molecule has 3 N–H and O–H groups in total. The van der Waals surface area contributed by atoms with Gasteiger partial charge in [0.2, 0.25) is 0 Å². The third-order valence-corrected chi connectivity index (χ3v) is 6.47. The van der Waals surface area contributed by atoms with E-state index in [2.05, 4.69) is 10.3 Å². The number of nitrogens with zero attached hydrogens (tertiary/aromatic N) is 2. The van der Waals surface area contributed by atoms with Gasteiger partial charge in [0.15, 0.2) is 11.5 Å². The monoisotopic (exact) mass is 574 g/mol. The summed E-state index contributed by atoms with van der Waals surface area (Å²) < 4.78 is 17.3. The van der Waals surface area contributed by atoms with Crippen molar-refractivity contribution >= 4 is 23.5 Å². The summed E-state index contributed by atoms with van der Waals surface area (Å²) >= 11 is 0. The molecule has 0 saturated heterocycles. The van der Waals surface area contributed by atoms with Gasteiger partial charge in [0, 0.05) is 28.9 Å². The fraction of sp³-hybridized carbons (Fsp3) is 0.364. The Kier molecular flexibility index (Phi) is 12.2. The van der Waals surface area contributed by atoms with Crippen molar-refractivity contribution in [3.63, 3.8) is 0 Å². The van der Waals surface area contributed by atoms with Crippen LogP contribution in [-0.4, -0.2) is 55.1 Å². The van der Waals surface area contributed by atoms with E-state index in [0.717, 1.165) is 19.3 Å². The second kappa shape index (κ2) is 16.0. The van der Waals surface area contributed by atoms with Crippen LogP contribution in [0.4, 0.5) is 10.5 Å². The first kappa shape index (κ1) is 32.0. The number of hydrogen-bond donors (Lipinski definition) is 2. The molecule has 0 heterocycles. The number of carbonyl (C=O) groups excluding carboxylic acids is 2. The van der Waals surface area contributed by atoms with E-state index in [-0.39, 0.29) is 23.8 Å². The van der Waals surface area contributed by atoms with Gasteiger partial charge in [-0.25, -0.2) is 4.79 Å². The number of nitrogens with one attached hydrogen (secondary N) is 1. The number of amidine groups is 1. The first-order valence-corrected chi connectivity index (χ1v) is 14.3. The lowest BCUT2D eigenvalue weighted by molar-refractivity contribution is 0.0643. The van der Waals surface area contributed by atoms with Crippen LogP contribution in [0.1, 0.15) is 62.9 Å². The van der Waals surface area contributed by atoms with Crippen LogP contribution in [0.5, 0.6) is 17.2 Å². The number of benzene rings is 3. The highest BCUT2D eigenvalue weighted by atomic mass is 16.5. The molecule has 0 atom stereocenters. The molecule has 224 valence electrons. The lowest BCUT2D eigenvalue weighted by atomic mass is 10.1. The van der Waals surface area contributed by atoms with E-state index >= 15 is 0 Å². The van der Waals surface area contributed by atoms with Gasteiger partial charge in [0.1, 0.15) is 11.6 Å². The van der Waals surface area contributed by atoms with Crippen LogP contribution >= 0.6 is 0 Å². The summed E-state index contributed by atoms with van der Waals surface area (Å²) in [5.41, 5.74) is 7.85. The molecule has 3 rings (SSSR count). The highest BCUT2D eigenvalue weighted by molar-refractivity contribution is 6.06. The van der Waals surface area contributed by atoms with Crippen molar-refractivity contribution in [2.45, 2.75) is 59.0 Å². The molecule has 0 aliphatic heterocycles. The van der Waals surface area contributed by atoms with Gasteiger partial charge >= 0.3 is 6.03 Å². The minimum Gasteiger partial charge on any atom is -0.494 e. The summed E-state index contributed by atoms with van der Waals surface area (Å²) in [7, 11) is 1.58. The van der Waals surface area contributed by atoms with Gasteiger partial charge in [0.05, 0.1) is 20.3 Å². The Balaban J connectivity index is 1.39. The highest BCUT2D eigenvalue weighted by Gasteiger charge is 2.22. The normalized spacial score (nSPS) is 11.4. The summed E-state index contributed by atoms with van der Waals surface area (Å²) in [6.45, 7) is 9.13. The quantitative estimate of drug-likeness (QED) is 0.129. The van der Waals surface area contributed by atoms with Crippen molar-refractivity contribution in [3.8, 4) is 17.2 Å². The van der Waals surface area contributed by atoms with Crippen LogP contribution in [0.25, 0.3) is 0 Å². The molecule has 3 amide bonds. The van der Waals surface area contributed by atoms with Crippen molar-refractivity contribution in [1.29, 1.82) is 0 Å². The molecular weight excluding hydrogens is 532 g/mol. The Morgan fingerprint density at radius 3 is 2.05 bits per heavy atom. The standard InChI is InChI=1S/C33H42N4O5/c1-23(2)37(24(3)4)32(38)26-16-19-29(30(22-26)40-5)42-21-11-7-10-20-41-28-17-14-25(15-18-28)31(34)36-33(39)35-27-12-8-6-9-13-27/h6,8-9,12-19,22-24H,7,10-11,20-21H2,1-5H3,(H3,34,35,36,39). The molecule has 3 aromatic rings. The molecule has 0 spiro atoms. The summed E-state index contributed by atoms with van der Waals surface area (Å²) in [6, 6.07) is 21.2. The fourth-order valence-electron chi connectivity index (χ4n) is 4.46. The van der Waals surface area contributed by atoms with E-state index in [0.29, 0.717) is 47.3 Å². The fourth-order valence-corrected chi connectivity index (χ4v) is 4.46. The SMILES string of the molecule is COc1cc(C(=O)N(C(C)C)C(C)C)ccc1OCCCCCOc1ccc(/C(N)=N/C(=O)Nc2ccccc2)cc1. The lowest BCUT2D eigenvalue weighted by Gasteiger charge is -2.31. The topological polar surface area (TPSA) is 115 Å². The van der Waals surface area contributed by atoms with E-state index in [1.807, 2.05) is 50.8 Å². The van der Waals surface area contributed by atoms with Crippen molar-refractivity contribution in [3.05, 3.63) is 83.9 Å². The van der Waals surface area contributed by atoms with Gasteiger partial charge in [-0.1, -0.05) is 18.2 Å². The smallest absolute Gasteiger partial charge is 0.347 e. The Labute approximate surface area is 248 Å². The van der Waals surface area contributed by atoms with Crippen LogP contribution in [0, 0.1) is 0 Å². The van der Waals surface area contributed by atoms with Crippen molar-refractivity contribution in [2.24, 2.45) is 10.7 Å². The van der Waals surface area contributed by atoms with Gasteiger partial charge in [-0.3, -0.25) is 4.79 Å². The van der Waals surface area contributed by atoms with Crippen LogP contribution < -0.4 is 25.3 Å². The molecular formula is C33H42N4O5. The maximum Gasteiger partial charge on any atom is 0.347 e. The van der Waals surface area contributed by atoms with E-state index in [1.54, 1.807) is 61.7 Å². The maximum atomic E-state index is 13.0. The number of nitrogens with two attached hydrogens (primary N) is 1. The first-order chi connectivity index (χ1) is 20.2. The zero-order valence-corrected chi connectivity index (χ0v) is 25.1. The Morgan fingerprint density at radius 2 is 1.43 bits per heavy atom. The van der Waals surface area contributed by atoms with Crippen LogP contribution in [0.15, 0.2) is 77.8 Å². The number of urea groups is 1. The molecule has 0 aromatic heterocycles. The minimum absolute atomic E-state index is 0.0256. The molecule has 0 radical (unpaired) electrons. The summed E-state index contributed by atoms with van der Waals surface area (Å²) in [4.78, 5) is 30.9. The zero-order chi connectivity index (χ0) is 30.5. The highest BCUT2D eigenvalue weighted by Crippen LogP contribution is 2.29.